The molecule has 1 fully saturated rings. The van der Waals surface area contributed by atoms with Crippen molar-refractivity contribution in [1.82, 2.24) is 5.32 Å². The number of phenols is 1. The summed E-state index contributed by atoms with van der Waals surface area (Å²) in [4.78, 5) is 24.2. The predicted molar refractivity (Wildman–Crippen MR) is 99.0 cm³/mol. The number of ether oxygens (including phenoxy) is 1. The van der Waals surface area contributed by atoms with Crippen LogP contribution in [0.5, 0.6) is 11.5 Å². The summed E-state index contributed by atoms with van der Waals surface area (Å²) in [5.74, 6) is -0.194. The smallest absolute Gasteiger partial charge is 0.311 e. The molecular weight excluding hydrogens is 358 g/mol. The first kappa shape index (κ1) is 17.4. The maximum atomic E-state index is 12.7. The number of nitrogens with zero attached hydrogens (tertiary/aromatic N) is 2. The summed E-state index contributed by atoms with van der Waals surface area (Å²) in [7, 11) is 1.54. The van der Waals surface area contributed by atoms with E-state index >= 15 is 0 Å². The van der Waals surface area contributed by atoms with E-state index in [4.69, 9.17) is 17.0 Å². The van der Waals surface area contributed by atoms with E-state index in [0.717, 1.165) is 0 Å². The maximum absolute atomic E-state index is 12.7. The molecular formula is C17H13N3O5S. The Morgan fingerprint density at radius 3 is 2.58 bits per heavy atom. The number of methoxy groups -OCH3 is 1. The van der Waals surface area contributed by atoms with Gasteiger partial charge in [-0.1, -0.05) is 6.07 Å². The van der Waals surface area contributed by atoms with Gasteiger partial charge < -0.3 is 15.2 Å². The third-order valence-corrected chi connectivity index (χ3v) is 4.00. The van der Waals surface area contributed by atoms with E-state index in [2.05, 4.69) is 5.32 Å². The third kappa shape index (κ3) is 3.20. The third-order valence-electron chi connectivity index (χ3n) is 3.72. The number of nitro benzene ring substituents is 1. The highest BCUT2D eigenvalue weighted by atomic mass is 32.1. The minimum atomic E-state index is -0.699. The normalized spacial score (nSPS) is 15.3. The topological polar surface area (TPSA) is 105 Å². The zero-order valence-electron chi connectivity index (χ0n) is 13.5. The number of nitro groups is 1. The molecule has 1 aliphatic rings. The van der Waals surface area contributed by atoms with E-state index in [1.54, 1.807) is 31.4 Å². The van der Waals surface area contributed by atoms with Crippen molar-refractivity contribution in [3.8, 4) is 11.5 Å². The fraction of sp³-hybridized carbons (Fsp3) is 0.0588. The van der Waals surface area contributed by atoms with Crippen LogP contribution in [0.2, 0.25) is 0 Å². The number of anilines is 1. The van der Waals surface area contributed by atoms with E-state index < -0.39 is 22.3 Å². The number of hydrogen-bond acceptors (Lipinski definition) is 6. The van der Waals surface area contributed by atoms with Gasteiger partial charge in [0.2, 0.25) is 0 Å². The van der Waals surface area contributed by atoms with E-state index in [-0.39, 0.29) is 10.8 Å². The molecule has 1 amide bonds. The van der Waals surface area contributed by atoms with Crippen LogP contribution >= 0.6 is 12.2 Å². The molecule has 0 radical (unpaired) electrons. The van der Waals surface area contributed by atoms with Crippen molar-refractivity contribution in [1.29, 1.82) is 0 Å². The molecule has 0 aliphatic carbocycles. The molecule has 8 nitrogen and oxygen atoms in total. The number of aromatic hydroxyl groups is 1. The van der Waals surface area contributed by atoms with E-state index in [1.165, 1.54) is 29.2 Å². The van der Waals surface area contributed by atoms with Gasteiger partial charge >= 0.3 is 5.69 Å². The van der Waals surface area contributed by atoms with Crippen LogP contribution in [0.3, 0.4) is 0 Å². The van der Waals surface area contributed by atoms with Gasteiger partial charge in [0.05, 0.1) is 17.7 Å². The van der Waals surface area contributed by atoms with Crippen molar-refractivity contribution in [3.63, 3.8) is 0 Å². The predicted octanol–water partition coefficient (Wildman–Crippen LogP) is 2.57. The lowest BCUT2D eigenvalue weighted by Crippen LogP contribution is -2.30. The molecule has 1 aliphatic heterocycles. The Morgan fingerprint density at radius 2 is 1.96 bits per heavy atom. The first-order chi connectivity index (χ1) is 12.4. The average molecular weight is 371 g/mol. The Kier molecular flexibility index (Phi) is 4.55. The van der Waals surface area contributed by atoms with E-state index in [0.29, 0.717) is 17.0 Å². The van der Waals surface area contributed by atoms with Crippen LogP contribution in [0, 0.1) is 10.1 Å². The highest BCUT2D eigenvalue weighted by Gasteiger charge is 2.32. The monoisotopic (exact) mass is 371 g/mol. The summed E-state index contributed by atoms with van der Waals surface area (Å²) in [6, 6.07) is 10.6. The number of benzene rings is 2. The molecule has 0 unspecified atom stereocenters. The van der Waals surface area contributed by atoms with Crippen molar-refractivity contribution in [3.05, 3.63) is 63.8 Å². The average Bonchev–Trinajstić information content (AvgIpc) is 2.90. The Bertz CT molecular complexity index is 940. The molecule has 1 heterocycles. The number of hydrogen-bond donors (Lipinski definition) is 2. The summed E-state index contributed by atoms with van der Waals surface area (Å²) in [5, 5.41) is 23.4. The summed E-state index contributed by atoms with van der Waals surface area (Å²) in [6.45, 7) is 0. The zero-order chi connectivity index (χ0) is 18.8. The van der Waals surface area contributed by atoms with Crippen molar-refractivity contribution < 1.29 is 19.6 Å². The highest BCUT2D eigenvalue weighted by Crippen LogP contribution is 2.29. The number of thiocarbonyl (C=S) groups is 1. The SMILES string of the molecule is COc1ccc(N2C(=O)C(=Cc3ccc(O)c([N+](=O)[O-])c3)NC2=S)cc1. The van der Waals surface area contributed by atoms with Crippen LogP contribution < -0.4 is 15.0 Å². The first-order valence-corrected chi connectivity index (χ1v) is 7.80. The van der Waals surface area contributed by atoms with Crippen LogP contribution in [-0.4, -0.2) is 28.2 Å². The summed E-state index contributed by atoms with van der Waals surface area (Å²) < 4.78 is 5.09. The minimum absolute atomic E-state index is 0.172. The molecule has 0 saturated carbocycles. The lowest BCUT2D eigenvalue weighted by molar-refractivity contribution is -0.385. The number of phenolic OH excluding ortho intramolecular Hbond substituents is 1. The number of carbonyl (C=O) groups is 1. The minimum Gasteiger partial charge on any atom is -0.502 e. The number of carbonyl (C=O) groups excluding carboxylic acids is 1. The molecule has 2 aromatic carbocycles. The zero-order valence-corrected chi connectivity index (χ0v) is 14.3. The van der Waals surface area contributed by atoms with Crippen LogP contribution in [0.15, 0.2) is 48.2 Å². The summed E-state index contributed by atoms with van der Waals surface area (Å²) in [5.41, 5.74) is 0.670. The molecule has 132 valence electrons. The molecule has 0 bridgehead atoms. The Labute approximate surface area is 153 Å². The number of amides is 1. The molecule has 1 saturated heterocycles. The van der Waals surface area contributed by atoms with Crippen LogP contribution in [0.1, 0.15) is 5.56 Å². The Balaban J connectivity index is 1.92. The summed E-state index contributed by atoms with van der Waals surface area (Å²) >= 11 is 5.22. The van der Waals surface area contributed by atoms with Gasteiger partial charge in [0.1, 0.15) is 11.4 Å². The molecule has 9 heteroatoms. The van der Waals surface area contributed by atoms with Crippen molar-refractivity contribution in [2.45, 2.75) is 0 Å². The largest absolute Gasteiger partial charge is 0.502 e. The lowest BCUT2D eigenvalue weighted by atomic mass is 10.1. The summed E-state index contributed by atoms with van der Waals surface area (Å²) in [6.07, 6.45) is 1.44. The van der Waals surface area contributed by atoms with Gasteiger partial charge in [-0.05, 0) is 54.2 Å². The van der Waals surface area contributed by atoms with Crippen molar-refractivity contribution >= 4 is 40.7 Å². The van der Waals surface area contributed by atoms with Gasteiger partial charge in [-0.25, -0.2) is 0 Å². The standard InChI is InChI=1S/C17H13N3O5S/c1-25-12-5-3-11(4-6-12)19-16(22)13(18-17(19)26)8-10-2-7-15(21)14(9-10)20(23)24/h2-9,21H,1H3,(H,18,26). The van der Waals surface area contributed by atoms with Gasteiger partial charge in [0.15, 0.2) is 10.9 Å². The lowest BCUT2D eigenvalue weighted by Gasteiger charge is -2.14. The molecule has 3 rings (SSSR count). The Morgan fingerprint density at radius 1 is 1.27 bits per heavy atom. The second-order valence-electron chi connectivity index (χ2n) is 5.33. The van der Waals surface area contributed by atoms with E-state index in [9.17, 15) is 20.0 Å². The maximum Gasteiger partial charge on any atom is 0.311 e. The molecule has 0 spiro atoms. The van der Waals surface area contributed by atoms with Crippen LogP contribution in [-0.2, 0) is 4.79 Å². The van der Waals surface area contributed by atoms with Crippen molar-refractivity contribution in [2.24, 2.45) is 0 Å². The number of rotatable bonds is 4. The van der Waals surface area contributed by atoms with Gasteiger partial charge in [-0.15, -0.1) is 0 Å². The highest BCUT2D eigenvalue weighted by molar-refractivity contribution is 7.80. The Hall–Kier alpha value is -3.46. The van der Waals surface area contributed by atoms with E-state index in [1.807, 2.05) is 0 Å². The first-order valence-electron chi connectivity index (χ1n) is 7.39. The van der Waals surface area contributed by atoms with Gasteiger partial charge in [-0.2, -0.15) is 0 Å². The van der Waals surface area contributed by atoms with Crippen LogP contribution in [0.4, 0.5) is 11.4 Å². The van der Waals surface area contributed by atoms with Gasteiger partial charge in [0, 0.05) is 6.07 Å². The second-order valence-corrected chi connectivity index (χ2v) is 5.72. The van der Waals surface area contributed by atoms with Gasteiger partial charge in [-0.3, -0.25) is 19.8 Å². The molecule has 26 heavy (non-hydrogen) atoms. The van der Waals surface area contributed by atoms with Gasteiger partial charge in [0.25, 0.3) is 5.91 Å². The van der Waals surface area contributed by atoms with Crippen molar-refractivity contribution in [2.75, 3.05) is 12.0 Å². The second kappa shape index (κ2) is 6.81. The fourth-order valence-corrected chi connectivity index (χ4v) is 2.74. The molecule has 2 aromatic rings. The number of nitrogens with one attached hydrogen (secondary N) is 1. The molecule has 0 atom stereocenters. The fourth-order valence-electron chi connectivity index (χ4n) is 2.44. The molecule has 2 N–H and O–H groups in total. The molecule has 0 aromatic heterocycles. The quantitative estimate of drug-likeness (QED) is 0.368. The van der Waals surface area contributed by atoms with Crippen LogP contribution in [0.25, 0.3) is 6.08 Å².